The molecule has 5 rings (SSSR count). The Bertz CT molecular complexity index is 1510. The molecule has 12 heteroatoms. The maximum Gasteiger partial charge on any atom is 0.226 e. The number of piperidine rings is 1. The van der Waals surface area contributed by atoms with E-state index in [1.165, 1.54) is 6.07 Å². The Kier molecular flexibility index (Phi) is 9.17. The summed E-state index contributed by atoms with van der Waals surface area (Å²) in [5.74, 6) is -0.411. The van der Waals surface area contributed by atoms with Crippen LogP contribution in [0.15, 0.2) is 42.6 Å². The van der Waals surface area contributed by atoms with E-state index in [0.29, 0.717) is 47.4 Å². The molecule has 0 aliphatic carbocycles. The molecular formula is C28H30F2IN7O2. The van der Waals surface area contributed by atoms with E-state index in [1.807, 2.05) is 18.2 Å². The molecule has 2 aromatic heterocycles. The molecule has 2 aromatic carbocycles. The van der Waals surface area contributed by atoms with E-state index in [2.05, 4.69) is 48.1 Å². The number of hydrogen-bond acceptors (Lipinski definition) is 7. The van der Waals surface area contributed by atoms with Gasteiger partial charge in [-0.2, -0.15) is 4.98 Å². The van der Waals surface area contributed by atoms with Gasteiger partial charge in [-0.15, -0.1) is 0 Å². The minimum atomic E-state index is -0.897. The highest BCUT2D eigenvalue weighted by Crippen LogP contribution is 2.32. The third-order valence-electron chi connectivity index (χ3n) is 6.79. The van der Waals surface area contributed by atoms with E-state index in [1.54, 1.807) is 13.3 Å². The Morgan fingerprint density at radius 2 is 2.08 bits per heavy atom. The number of anilines is 2. The fourth-order valence-electron chi connectivity index (χ4n) is 4.74. The van der Waals surface area contributed by atoms with Gasteiger partial charge in [0.1, 0.15) is 11.3 Å². The van der Waals surface area contributed by atoms with Gasteiger partial charge in [0.2, 0.25) is 11.9 Å². The molecule has 40 heavy (non-hydrogen) atoms. The van der Waals surface area contributed by atoms with Crippen molar-refractivity contribution in [1.29, 1.82) is 0 Å². The van der Waals surface area contributed by atoms with Crippen LogP contribution in [0.2, 0.25) is 0 Å². The molecule has 0 bridgehead atoms. The highest BCUT2D eigenvalue weighted by atomic mass is 127. The van der Waals surface area contributed by atoms with Crippen LogP contribution in [-0.2, 0) is 22.6 Å². The second-order valence-corrected chi connectivity index (χ2v) is 10.9. The molecule has 210 valence electrons. The summed E-state index contributed by atoms with van der Waals surface area (Å²) in [5, 5.41) is 9.53. The van der Waals surface area contributed by atoms with Crippen LogP contribution in [-0.4, -0.2) is 52.2 Å². The first kappa shape index (κ1) is 28.3. The topological polar surface area (TPSA) is 106 Å². The van der Waals surface area contributed by atoms with Crippen molar-refractivity contribution in [2.45, 2.75) is 32.4 Å². The predicted molar refractivity (Wildman–Crippen MR) is 158 cm³/mol. The number of aromatic nitrogens is 4. The number of ether oxygens (including phenoxy) is 1. The van der Waals surface area contributed by atoms with Crippen molar-refractivity contribution in [3.05, 3.63) is 63.4 Å². The van der Waals surface area contributed by atoms with Crippen LogP contribution in [0.5, 0.6) is 0 Å². The van der Waals surface area contributed by atoms with Gasteiger partial charge in [-0.1, -0.05) is 6.07 Å². The second kappa shape index (κ2) is 13.0. The van der Waals surface area contributed by atoms with Gasteiger partial charge in [0.15, 0.2) is 17.3 Å². The van der Waals surface area contributed by atoms with Crippen LogP contribution in [0.1, 0.15) is 24.8 Å². The van der Waals surface area contributed by atoms with Crippen molar-refractivity contribution in [2.75, 3.05) is 37.4 Å². The molecule has 0 spiro atoms. The number of carbonyl (C=O) groups is 1. The molecule has 0 radical (unpaired) electrons. The molecule has 1 aliphatic rings. The summed E-state index contributed by atoms with van der Waals surface area (Å²) in [6, 6.07) is 9.53. The first-order valence-corrected chi connectivity index (χ1v) is 14.2. The zero-order chi connectivity index (χ0) is 28.1. The molecule has 1 amide bonds. The largest absolute Gasteiger partial charge is 0.384 e. The van der Waals surface area contributed by atoms with Gasteiger partial charge in [-0.25, -0.2) is 18.7 Å². The van der Waals surface area contributed by atoms with E-state index in [-0.39, 0.29) is 18.9 Å². The van der Waals surface area contributed by atoms with E-state index >= 15 is 0 Å². The first-order chi connectivity index (χ1) is 19.4. The van der Waals surface area contributed by atoms with Crippen molar-refractivity contribution in [3.8, 4) is 11.4 Å². The van der Waals surface area contributed by atoms with Crippen LogP contribution in [0.25, 0.3) is 22.6 Å². The summed E-state index contributed by atoms with van der Waals surface area (Å²) >= 11 is 2.28. The summed E-state index contributed by atoms with van der Waals surface area (Å²) in [7, 11) is 1.56. The fraction of sp³-hybridized carbons (Fsp3) is 0.357. The predicted octanol–water partition coefficient (Wildman–Crippen LogP) is 4.96. The molecular weight excluding hydrogens is 631 g/mol. The second-order valence-electron chi connectivity index (χ2n) is 9.75. The molecule has 3 N–H and O–H groups in total. The quantitative estimate of drug-likeness (QED) is 0.207. The van der Waals surface area contributed by atoms with Crippen LogP contribution >= 0.6 is 22.6 Å². The summed E-state index contributed by atoms with van der Waals surface area (Å²) in [6.07, 6.45) is 4.12. The minimum Gasteiger partial charge on any atom is -0.384 e. The first-order valence-electron chi connectivity index (χ1n) is 13.1. The third-order valence-corrected chi connectivity index (χ3v) is 7.73. The fourth-order valence-corrected chi connectivity index (χ4v) is 5.32. The summed E-state index contributed by atoms with van der Waals surface area (Å²) in [6.45, 7) is 3.20. The number of hydrogen-bond donors (Lipinski definition) is 3. The van der Waals surface area contributed by atoms with Crippen molar-refractivity contribution < 1.29 is 18.3 Å². The van der Waals surface area contributed by atoms with Crippen LogP contribution in [0, 0.1) is 21.1 Å². The van der Waals surface area contributed by atoms with Gasteiger partial charge in [0.25, 0.3) is 0 Å². The number of rotatable bonds is 10. The van der Waals surface area contributed by atoms with Crippen molar-refractivity contribution in [2.24, 2.45) is 5.92 Å². The lowest BCUT2D eigenvalue weighted by Gasteiger charge is -2.24. The maximum absolute atomic E-state index is 13.7. The molecule has 1 fully saturated rings. The van der Waals surface area contributed by atoms with Crippen molar-refractivity contribution in [1.82, 2.24) is 24.8 Å². The van der Waals surface area contributed by atoms with E-state index < -0.39 is 11.6 Å². The Hall–Kier alpha value is -3.23. The standard InChI is InChI=1S/C28H30F2IN7O2/c1-40-10-8-25(39)35-19-5-7-23(31)20(12-19)26-36-24-15-34-28(33-14-17-4-6-21(29)22(30)11-17)37-27(24)38(26)16-18-3-2-9-32-13-18/h4-7,11-12,15,18,32H,2-3,8-10,13-14,16H2,1H3,(H,35,39)(H,33,34,37)/t18-/m1/s1. The number of fused-ring (bicyclic) bond motifs is 1. The molecule has 0 saturated carbocycles. The summed E-state index contributed by atoms with van der Waals surface area (Å²) in [4.78, 5) is 26.4. The molecule has 1 atom stereocenters. The maximum atomic E-state index is 13.7. The number of halogens is 3. The number of amides is 1. The smallest absolute Gasteiger partial charge is 0.226 e. The summed E-state index contributed by atoms with van der Waals surface area (Å²) in [5.41, 5.74) is 3.44. The highest BCUT2D eigenvalue weighted by molar-refractivity contribution is 14.1. The molecule has 0 unspecified atom stereocenters. The molecule has 3 heterocycles. The van der Waals surface area contributed by atoms with Crippen LogP contribution < -0.4 is 16.0 Å². The lowest BCUT2D eigenvalue weighted by atomic mass is 9.99. The van der Waals surface area contributed by atoms with Crippen LogP contribution in [0.4, 0.5) is 20.4 Å². The normalized spacial score (nSPS) is 15.3. The SMILES string of the molecule is COCCC(=O)Nc1ccc(I)c(-c2nc3cnc(NCc4ccc(F)c(F)c4)nc3n2C[C@@H]2CCCNC2)c1. The Morgan fingerprint density at radius 3 is 2.85 bits per heavy atom. The van der Waals surface area contributed by atoms with Gasteiger partial charge >= 0.3 is 0 Å². The van der Waals surface area contributed by atoms with E-state index in [4.69, 9.17) is 14.7 Å². The van der Waals surface area contributed by atoms with Gasteiger partial charge in [0.05, 0.1) is 19.2 Å². The average Bonchev–Trinajstić information content (AvgIpc) is 3.31. The molecule has 1 saturated heterocycles. The number of nitrogens with zero attached hydrogens (tertiary/aromatic N) is 4. The number of nitrogens with one attached hydrogen (secondary N) is 3. The Labute approximate surface area is 244 Å². The number of imidazole rings is 1. The lowest BCUT2D eigenvalue weighted by molar-refractivity contribution is -0.117. The number of benzene rings is 2. The van der Waals surface area contributed by atoms with E-state index in [0.717, 1.165) is 53.0 Å². The lowest BCUT2D eigenvalue weighted by Crippen LogP contribution is -2.32. The average molecular weight is 661 g/mol. The van der Waals surface area contributed by atoms with Crippen LogP contribution in [0.3, 0.4) is 0 Å². The zero-order valence-electron chi connectivity index (χ0n) is 22.0. The van der Waals surface area contributed by atoms with Gasteiger partial charge in [-0.3, -0.25) is 4.79 Å². The number of carbonyl (C=O) groups excluding carboxylic acids is 1. The minimum absolute atomic E-state index is 0.126. The molecule has 9 nitrogen and oxygen atoms in total. The highest BCUT2D eigenvalue weighted by Gasteiger charge is 2.22. The summed E-state index contributed by atoms with van der Waals surface area (Å²) < 4.78 is 35.1. The van der Waals surface area contributed by atoms with Crippen molar-refractivity contribution >= 4 is 51.3 Å². The van der Waals surface area contributed by atoms with Gasteiger partial charge in [-0.05, 0) is 90.3 Å². The third kappa shape index (κ3) is 6.73. The van der Waals surface area contributed by atoms with E-state index in [9.17, 15) is 13.6 Å². The Balaban J connectivity index is 1.49. The molecule has 4 aromatic rings. The zero-order valence-corrected chi connectivity index (χ0v) is 24.2. The Morgan fingerprint density at radius 1 is 1.20 bits per heavy atom. The number of methoxy groups -OCH3 is 1. The van der Waals surface area contributed by atoms with Gasteiger partial charge in [0, 0.05) is 35.0 Å². The monoisotopic (exact) mass is 661 g/mol. The molecule has 1 aliphatic heterocycles. The van der Waals surface area contributed by atoms with Crippen molar-refractivity contribution in [3.63, 3.8) is 0 Å². The van der Waals surface area contributed by atoms with Gasteiger partial charge < -0.3 is 25.3 Å².